The van der Waals surface area contributed by atoms with E-state index in [-0.39, 0.29) is 11.9 Å². The summed E-state index contributed by atoms with van der Waals surface area (Å²) in [5.74, 6) is 0.268. The lowest BCUT2D eigenvalue weighted by molar-refractivity contribution is -0.139. The number of carbonyl (C=O) groups excluding carboxylic acids is 1. The average Bonchev–Trinajstić information content (AvgIpc) is 2.33. The van der Waals surface area contributed by atoms with Crippen LogP contribution in [-0.2, 0) is 4.79 Å². The second kappa shape index (κ2) is 7.85. The van der Waals surface area contributed by atoms with E-state index in [0.29, 0.717) is 12.1 Å². The topological polar surface area (TPSA) is 35.6 Å². The van der Waals surface area contributed by atoms with Crippen LogP contribution in [0.1, 0.15) is 46.5 Å². The first-order valence-corrected chi connectivity index (χ1v) is 7.63. The monoisotopic (exact) mass is 269 g/mol. The van der Waals surface area contributed by atoms with Gasteiger partial charge in [0.2, 0.25) is 5.91 Å². The quantitative estimate of drug-likeness (QED) is 0.746. The first kappa shape index (κ1) is 16.4. The van der Waals surface area contributed by atoms with Gasteiger partial charge in [0.25, 0.3) is 0 Å². The number of piperidine rings is 1. The molecule has 112 valence electrons. The maximum atomic E-state index is 12.5. The van der Waals surface area contributed by atoms with Crippen LogP contribution in [0.25, 0.3) is 0 Å². The van der Waals surface area contributed by atoms with Crippen LogP contribution in [0.4, 0.5) is 0 Å². The Morgan fingerprint density at radius 1 is 1.32 bits per heavy atom. The van der Waals surface area contributed by atoms with Crippen molar-refractivity contribution in [3.63, 3.8) is 0 Å². The van der Waals surface area contributed by atoms with Crippen LogP contribution < -0.4 is 5.32 Å². The largest absolute Gasteiger partial charge is 0.336 e. The van der Waals surface area contributed by atoms with E-state index < -0.39 is 0 Å². The summed E-state index contributed by atoms with van der Waals surface area (Å²) in [4.78, 5) is 16.8. The van der Waals surface area contributed by atoms with E-state index in [1.165, 1.54) is 6.42 Å². The van der Waals surface area contributed by atoms with Crippen molar-refractivity contribution in [3.05, 3.63) is 0 Å². The maximum absolute atomic E-state index is 12.5. The third kappa shape index (κ3) is 5.11. The van der Waals surface area contributed by atoms with Crippen molar-refractivity contribution in [1.82, 2.24) is 15.1 Å². The van der Waals surface area contributed by atoms with Gasteiger partial charge in [-0.15, -0.1) is 0 Å². The van der Waals surface area contributed by atoms with Gasteiger partial charge in [-0.05, 0) is 73.6 Å². The molecule has 0 aliphatic carbocycles. The highest BCUT2D eigenvalue weighted by molar-refractivity contribution is 5.82. The highest BCUT2D eigenvalue weighted by Crippen LogP contribution is 2.23. The highest BCUT2D eigenvalue weighted by Gasteiger charge is 2.31. The summed E-state index contributed by atoms with van der Waals surface area (Å²) in [6.07, 6.45) is 4.61. The molecular weight excluding hydrogens is 238 g/mol. The molecule has 1 amide bonds. The van der Waals surface area contributed by atoms with Gasteiger partial charge in [0.05, 0.1) is 6.04 Å². The molecule has 4 heteroatoms. The van der Waals surface area contributed by atoms with E-state index in [1.807, 2.05) is 6.92 Å². The molecule has 0 spiro atoms. The number of amides is 1. The molecule has 0 bridgehead atoms. The fraction of sp³-hybridized carbons (Fsp3) is 0.933. The number of likely N-dealkylation sites (tertiary alicyclic amines) is 1. The first-order chi connectivity index (χ1) is 8.93. The van der Waals surface area contributed by atoms with Crippen molar-refractivity contribution in [1.29, 1.82) is 0 Å². The minimum Gasteiger partial charge on any atom is -0.336 e. The summed E-state index contributed by atoms with van der Waals surface area (Å²) in [5.41, 5.74) is 0. The molecule has 3 atom stereocenters. The third-order valence-corrected chi connectivity index (χ3v) is 4.05. The molecule has 1 aliphatic rings. The lowest BCUT2D eigenvalue weighted by atomic mass is 9.96. The summed E-state index contributed by atoms with van der Waals surface area (Å²) in [6, 6.07) is 0.717. The van der Waals surface area contributed by atoms with Crippen LogP contribution in [0.5, 0.6) is 0 Å². The standard InChI is InChI=1S/C15H31N3O/c1-12-8-6-9-13(2)18(12)15(19)14(3)16-10-7-11-17(4)5/h12-14,16H,6-11H2,1-5H3/t12-,13-,14+/m0/s1. The molecule has 1 fully saturated rings. The Kier molecular flexibility index (Phi) is 6.80. The summed E-state index contributed by atoms with van der Waals surface area (Å²) >= 11 is 0. The number of carbonyl (C=O) groups is 1. The fourth-order valence-electron chi connectivity index (χ4n) is 2.88. The van der Waals surface area contributed by atoms with Crippen molar-refractivity contribution >= 4 is 5.91 Å². The Bertz CT molecular complexity index is 271. The Labute approximate surface area is 118 Å². The smallest absolute Gasteiger partial charge is 0.239 e. The normalized spacial score (nSPS) is 25.7. The molecule has 0 unspecified atom stereocenters. The van der Waals surface area contributed by atoms with E-state index >= 15 is 0 Å². The van der Waals surface area contributed by atoms with Gasteiger partial charge in [0.15, 0.2) is 0 Å². The third-order valence-electron chi connectivity index (χ3n) is 4.05. The van der Waals surface area contributed by atoms with Gasteiger partial charge in [-0.3, -0.25) is 4.79 Å². The minimum atomic E-state index is -0.0647. The molecular formula is C15H31N3O. The van der Waals surface area contributed by atoms with Crippen LogP contribution in [0.3, 0.4) is 0 Å². The number of nitrogens with one attached hydrogen (secondary N) is 1. The molecule has 0 aromatic heterocycles. The van der Waals surface area contributed by atoms with Crippen LogP contribution in [-0.4, -0.2) is 61.0 Å². The van der Waals surface area contributed by atoms with Crippen LogP contribution in [0.2, 0.25) is 0 Å². The molecule has 19 heavy (non-hydrogen) atoms. The number of hydrogen-bond donors (Lipinski definition) is 1. The molecule has 0 aromatic carbocycles. The van der Waals surface area contributed by atoms with E-state index in [9.17, 15) is 4.79 Å². The molecule has 1 heterocycles. The maximum Gasteiger partial charge on any atom is 0.239 e. The van der Waals surface area contributed by atoms with Crippen LogP contribution in [0.15, 0.2) is 0 Å². The van der Waals surface area contributed by atoms with Gasteiger partial charge in [-0.2, -0.15) is 0 Å². The Morgan fingerprint density at radius 2 is 1.89 bits per heavy atom. The molecule has 0 aromatic rings. The Balaban J connectivity index is 2.38. The Hall–Kier alpha value is -0.610. The zero-order chi connectivity index (χ0) is 14.4. The van der Waals surface area contributed by atoms with Crippen molar-refractivity contribution < 1.29 is 4.79 Å². The molecule has 1 saturated heterocycles. The van der Waals surface area contributed by atoms with Gasteiger partial charge in [0, 0.05) is 12.1 Å². The van der Waals surface area contributed by atoms with E-state index in [0.717, 1.165) is 32.4 Å². The fourth-order valence-corrected chi connectivity index (χ4v) is 2.88. The average molecular weight is 269 g/mol. The van der Waals surface area contributed by atoms with E-state index in [1.54, 1.807) is 0 Å². The number of nitrogens with zero attached hydrogens (tertiary/aromatic N) is 2. The first-order valence-electron chi connectivity index (χ1n) is 7.63. The molecule has 4 nitrogen and oxygen atoms in total. The van der Waals surface area contributed by atoms with Gasteiger partial charge in [-0.1, -0.05) is 0 Å². The van der Waals surface area contributed by atoms with Gasteiger partial charge in [0.1, 0.15) is 0 Å². The van der Waals surface area contributed by atoms with Gasteiger partial charge in [-0.25, -0.2) is 0 Å². The summed E-state index contributed by atoms with van der Waals surface area (Å²) in [5, 5.41) is 3.36. The Morgan fingerprint density at radius 3 is 2.42 bits per heavy atom. The second-order valence-electron chi connectivity index (χ2n) is 6.21. The van der Waals surface area contributed by atoms with Crippen molar-refractivity contribution in [3.8, 4) is 0 Å². The second-order valence-corrected chi connectivity index (χ2v) is 6.21. The SMILES string of the molecule is C[C@@H](NCCCN(C)C)C(=O)N1[C@@H](C)CCC[C@@H]1C. The van der Waals surface area contributed by atoms with Crippen molar-refractivity contribution in [2.24, 2.45) is 0 Å². The zero-order valence-corrected chi connectivity index (χ0v) is 13.3. The molecule has 1 rings (SSSR count). The summed E-state index contributed by atoms with van der Waals surface area (Å²) < 4.78 is 0. The summed E-state index contributed by atoms with van der Waals surface area (Å²) in [6.45, 7) is 8.30. The predicted molar refractivity (Wildman–Crippen MR) is 80.3 cm³/mol. The van der Waals surface area contributed by atoms with E-state index in [4.69, 9.17) is 0 Å². The molecule has 1 aliphatic heterocycles. The lowest BCUT2D eigenvalue weighted by Crippen LogP contribution is -2.54. The summed E-state index contributed by atoms with van der Waals surface area (Å²) in [7, 11) is 4.15. The lowest BCUT2D eigenvalue weighted by Gasteiger charge is -2.40. The molecule has 1 N–H and O–H groups in total. The van der Waals surface area contributed by atoms with Crippen molar-refractivity contribution in [2.45, 2.75) is 64.6 Å². The van der Waals surface area contributed by atoms with Gasteiger partial charge < -0.3 is 15.1 Å². The number of hydrogen-bond acceptors (Lipinski definition) is 3. The minimum absolute atomic E-state index is 0.0647. The van der Waals surface area contributed by atoms with Crippen LogP contribution in [0, 0.1) is 0 Å². The van der Waals surface area contributed by atoms with Gasteiger partial charge >= 0.3 is 0 Å². The highest BCUT2D eigenvalue weighted by atomic mass is 16.2. The van der Waals surface area contributed by atoms with Crippen molar-refractivity contribution in [2.75, 3.05) is 27.2 Å². The molecule has 0 saturated carbocycles. The van der Waals surface area contributed by atoms with E-state index in [2.05, 4.69) is 43.1 Å². The molecule has 0 radical (unpaired) electrons. The zero-order valence-electron chi connectivity index (χ0n) is 13.3. The number of rotatable bonds is 6. The van der Waals surface area contributed by atoms with Crippen LogP contribution >= 0.6 is 0 Å². The predicted octanol–water partition coefficient (Wildman–Crippen LogP) is 1.71.